The Morgan fingerprint density at radius 1 is 1.21 bits per heavy atom. The molecule has 74 valence electrons. The third kappa shape index (κ3) is 1.35. The first-order chi connectivity index (χ1) is 6.63. The summed E-state index contributed by atoms with van der Waals surface area (Å²) in [7, 11) is 3.55. The molecule has 1 aromatic heterocycles. The smallest absolute Gasteiger partial charge is 0.201 e. The number of aryl methyl sites for hydroxylation is 1. The fraction of sp³-hybridized carbons (Fsp3) is 0.200. The summed E-state index contributed by atoms with van der Waals surface area (Å²) in [6.45, 7) is 0. The van der Waals surface area contributed by atoms with Gasteiger partial charge in [-0.2, -0.15) is 0 Å². The molecule has 0 saturated heterocycles. The minimum Gasteiger partial charge on any atom is -0.482 e. The van der Waals surface area contributed by atoms with E-state index in [2.05, 4.69) is 0 Å². The van der Waals surface area contributed by atoms with Gasteiger partial charge in [0.05, 0.1) is 17.2 Å². The van der Waals surface area contributed by atoms with E-state index in [0.717, 1.165) is 16.7 Å². The van der Waals surface area contributed by atoms with E-state index in [1.54, 1.807) is 7.11 Å². The normalized spacial score (nSPS) is 10.9. The molecule has 1 heterocycles. The Hall–Kier alpha value is -0.860. The highest BCUT2D eigenvalue weighted by Gasteiger charge is 2.09. The number of halogens is 2. The molecular formula is C10H9Cl2NO. The molecule has 0 aliphatic carbocycles. The summed E-state index contributed by atoms with van der Waals surface area (Å²) >= 11 is 11.8. The molecule has 0 unspecified atom stereocenters. The molecular weight excluding hydrogens is 221 g/mol. The van der Waals surface area contributed by atoms with Crippen molar-refractivity contribution in [1.29, 1.82) is 0 Å². The number of aromatic nitrogens is 1. The minimum absolute atomic E-state index is 0.545. The summed E-state index contributed by atoms with van der Waals surface area (Å²) in [5.74, 6) is 0.790. The highest BCUT2D eigenvalue weighted by Crippen LogP contribution is 2.33. The van der Waals surface area contributed by atoms with E-state index in [0.29, 0.717) is 10.0 Å². The van der Waals surface area contributed by atoms with Crippen LogP contribution in [0.15, 0.2) is 18.3 Å². The van der Waals surface area contributed by atoms with Gasteiger partial charge in [-0.05, 0) is 12.1 Å². The Balaban J connectivity index is 2.82. The van der Waals surface area contributed by atoms with Gasteiger partial charge in [0, 0.05) is 24.0 Å². The minimum atomic E-state index is 0.545. The Kier molecular flexibility index (Phi) is 2.33. The largest absolute Gasteiger partial charge is 0.482 e. The van der Waals surface area contributed by atoms with Crippen molar-refractivity contribution in [3.8, 4) is 5.88 Å². The predicted octanol–water partition coefficient (Wildman–Crippen LogP) is 3.49. The van der Waals surface area contributed by atoms with Gasteiger partial charge in [-0.1, -0.05) is 23.2 Å². The van der Waals surface area contributed by atoms with Crippen molar-refractivity contribution in [2.24, 2.45) is 7.05 Å². The second kappa shape index (κ2) is 3.37. The Morgan fingerprint density at radius 2 is 1.86 bits per heavy atom. The highest BCUT2D eigenvalue weighted by atomic mass is 35.5. The molecule has 0 N–H and O–H groups in total. The Labute approximate surface area is 92.0 Å². The molecule has 0 saturated carbocycles. The fourth-order valence-corrected chi connectivity index (χ4v) is 1.90. The summed E-state index contributed by atoms with van der Waals surface area (Å²) in [6, 6.07) is 3.65. The van der Waals surface area contributed by atoms with Gasteiger partial charge in [-0.25, -0.2) is 0 Å². The first-order valence-corrected chi connectivity index (χ1v) is 4.87. The van der Waals surface area contributed by atoms with Crippen LogP contribution in [0.2, 0.25) is 10.0 Å². The number of hydrogen-bond donors (Lipinski definition) is 0. The van der Waals surface area contributed by atoms with Gasteiger partial charge in [0.25, 0.3) is 0 Å². The SMILES string of the molecule is COc1c2cc(Cl)c(Cl)cc2cn1C. The average molecular weight is 230 g/mol. The van der Waals surface area contributed by atoms with Crippen LogP contribution in [0.4, 0.5) is 0 Å². The monoisotopic (exact) mass is 229 g/mol. The molecule has 2 aromatic rings. The van der Waals surface area contributed by atoms with Crippen molar-refractivity contribution in [2.45, 2.75) is 0 Å². The lowest BCUT2D eigenvalue weighted by molar-refractivity contribution is 0.387. The summed E-state index contributed by atoms with van der Waals surface area (Å²) in [5.41, 5.74) is 0. The number of nitrogens with zero attached hydrogens (tertiary/aromatic N) is 1. The maximum Gasteiger partial charge on any atom is 0.201 e. The van der Waals surface area contributed by atoms with E-state index in [9.17, 15) is 0 Å². The molecule has 0 aliphatic rings. The highest BCUT2D eigenvalue weighted by molar-refractivity contribution is 6.42. The second-order valence-corrected chi connectivity index (χ2v) is 3.92. The molecule has 0 radical (unpaired) electrons. The molecule has 0 aliphatic heterocycles. The Morgan fingerprint density at radius 3 is 2.50 bits per heavy atom. The summed E-state index contributed by atoms with van der Waals surface area (Å²) in [6.07, 6.45) is 1.95. The van der Waals surface area contributed by atoms with Crippen LogP contribution >= 0.6 is 23.2 Å². The van der Waals surface area contributed by atoms with Crippen LogP contribution in [0.25, 0.3) is 10.8 Å². The van der Waals surface area contributed by atoms with Crippen molar-refractivity contribution in [2.75, 3.05) is 7.11 Å². The number of rotatable bonds is 1. The van der Waals surface area contributed by atoms with Gasteiger partial charge in [-0.3, -0.25) is 0 Å². The van der Waals surface area contributed by atoms with Crippen LogP contribution in [0.3, 0.4) is 0 Å². The lowest BCUT2D eigenvalue weighted by atomic mass is 10.2. The van der Waals surface area contributed by atoms with E-state index in [1.165, 1.54) is 0 Å². The van der Waals surface area contributed by atoms with Gasteiger partial charge in [0.1, 0.15) is 0 Å². The quantitative estimate of drug-likeness (QED) is 0.731. The van der Waals surface area contributed by atoms with Crippen LogP contribution < -0.4 is 4.74 Å². The third-order valence-electron chi connectivity index (χ3n) is 2.17. The Bertz CT molecular complexity index is 490. The van der Waals surface area contributed by atoms with E-state index in [-0.39, 0.29) is 0 Å². The molecule has 2 nitrogen and oxygen atoms in total. The molecule has 14 heavy (non-hydrogen) atoms. The lowest BCUT2D eigenvalue weighted by Gasteiger charge is -2.01. The van der Waals surface area contributed by atoms with E-state index in [1.807, 2.05) is 29.9 Å². The molecule has 0 amide bonds. The van der Waals surface area contributed by atoms with Gasteiger partial charge >= 0.3 is 0 Å². The van der Waals surface area contributed by atoms with Gasteiger partial charge < -0.3 is 9.30 Å². The summed E-state index contributed by atoms with van der Waals surface area (Å²) in [4.78, 5) is 0. The first kappa shape index (κ1) is 9.69. The van der Waals surface area contributed by atoms with Crippen LogP contribution in [0, 0.1) is 0 Å². The zero-order valence-electron chi connectivity index (χ0n) is 7.84. The van der Waals surface area contributed by atoms with Crippen LogP contribution in [-0.4, -0.2) is 11.7 Å². The van der Waals surface area contributed by atoms with Crippen molar-refractivity contribution < 1.29 is 4.74 Å². The molecule has 0 bridgehead atoms. The number of ether oxygens (including phenoxy) is 1. The third-order valence-corrected chi connectivity index (χ3v) is 2.89. The standard InChI is InChI=1S/C10H9Cl2NO/c1-13-5-6-3-8(11)9(12)4-7(6)10(13)14-2/h3-5H,1-2H3. The molecule has 4 heteroatoms. The maximum absolute atomic E-state index is 5.93. The number of benzene rings is 1. The van der Waals surface area contributed by atoms with Crippen molar-refractivity contribution in [1.82, 2.24) is 4.57 Å². The lowest BCUT2D eigenvalue weighted by Crippen LogP contribution is -1.91. The topological polar surface area (TPSA) is 14.2 Å². The van der Waals surface area contributed by atoms with Crippen LogP contribution in [-0.2, 0) is 7.05 Å². The van der Waals surface area contributed by atoms with Gasteiger partial charge in [0.15, 0.2) is 0 Å². The summed E-state index contributed by atoms with van der Waals surface area (Å²) < 4.78 is 7.15. The van der Waals surface area contributed by atoms with Crippen LogP contribution in [0.5, 0.6) is 5.88 Å². The molecule has 0 spiro atoms. The van der Waals surface area contributed by atoms with Crippen molar-refractivity contribution in [3.05, 3.63) is 28.4 Å². The van der Waals surface area contributed by atoms with E-state index < -0.39 is 0 Å². The molecule has 0 fully saturated rings. The molecule has 1 aromatic carbocycles. The zero-order valence-corrected chi connectivity index (χ0v) is 9.36. The predicted molar refractivity (Wildman–Crippen MR) is 59.5 cm³/mol. The maximum atomic E-state index is 5.93. The van der Waals surface area contributed by atoms with Crippen LogP contribution in [0.1, 0.15) is 0 Å². The van der Waals surface area contributed by atoms with E-state index in [4.69, 9.17) is 27.9 Å². The molecule has 0 atom stereocenters. The number of methoxy groups -OCH3 is 1. The van der Waals surface area contributed by atoms with Crippen molar-refractivity contribution >= 4 is 34.0 Å². The van der Waals surface area contributed by atoms with Gasteiger partial charge in [0.2, 0.25) is 5.88 Å². The first-order valence-electron chi connectivity index (χ1n) is 4.11. The number of fused-ring (bicyclic) bond motifs is 1. The van der Waals surface area contributed by atoms with Gasteiger partial charge in [-0.15, -0.1) is 0 Å². The number of hydrogen-bond acceptors (Lipinski definition) is 1. The molecule has 2 rings (SSSR count). The average Bonchev–Trinajstić information content (AvgIpc) is 2.42. The van der Waals surface area contributed by atoms with E-state index >= 15 is 0 Å². The summed E-state index contributed by atoms with van der Waals surface area (Å²) in [5, 5.41) is 3.11. The fourth-order valence-electron chi connectivity index (χ4n) is 1.57. The second-order valence-electron chi connectivity index (χ2n) is 3.10. The van der Waals surface area contributed by atoms with Crippen molar-refractivity contribution in [3.63, 3.8) is 0 Å². The zero-order chi connectivity index (χ0) is 10.3.